The largest absolute Gasteiger partial charge is 0.491 e. The summed E-state index contributed by atoms with van der Waals surface area (Å²) in [6.45, 7) is 4.10. The number of nitrogens with zero attached hydrogens (tertiary/aromatic N) is 1. The van der Waals surface area contributed by atoms with Gasteiger partial charge in [0.2, 0.25) is 0 Å². The summed E-state index contributed by atoms with van der Waals surface area (Å²) in [5.74, 6) is 0.949. The number of piperidine rings is 1. The van der Waals surface area contributed by atoms with Crippen molar-refractivity contribution in [3.63, 3.8) is 0 Å². The predicted octanol–water partition coefficient (Wildman–Crippen LogP) is 2.29. The summed E-state index contributed by atoms with van der Waals surface area (Å²) in [6.07, 6.45) is 3.90. The van der Waals surface area contributed by atoms with E-state index in [1.54, 1.807) is 0 Å². The highest BCUT2D eigenvalue weighted by Gasteiger charge is 2.18. The first-order valence-corrected chi connectivity index (χ1v) is 7.94. The molecule has 1 aromatic rings. The quantitative estimate of drug-likeness (QED) is 0.745. The molecule has 0 aromatic heterocycles. The number of hydrogen-bond acceptors (Lipinski definition) is 4. The molecule has 0 radical (unpaired) electrons. The summed E-state index contributed by atoms with van der Waals surface area (Å²) < 4.78 is 11.6. The van der Waals surface area contributed by atoms with E-state index in [0.717, 1.165) is 18.9 Å². The molecule has 1 aromatic carbocycles. The zero-order valence-electron chi connectivity index (χ0n) is 13.3. The van der Waals surface area contributed by atoms with Gasteiger partial charge >= 0.3 is 0 Å². The molecule has 4 heteroatoms. The molecule has 1 aliphatic rings. The average molecular weight is 292 g/mol. The highest BCUT2D eigenvalue weighted by Crippen LogP contribution is 2.18. The standard InChI is InChI=1S/C17H28N2O2/c1-18-13-15-7-3-4-9-17(15)21-12-11-20-14-16-8-5-6-10-19(16)2/h3-4,7,9,16,18H,5-6,8,10-14H2,1-2H3. The second-order valence-corrected chi connectivity index (χ2v) is 5.69. The Morgan fingerprint density at radius 1 is 1.24 bits per heavy atom. The number of para-hydroxylation sites is 1. The summed E-state index contributed by atoms with van der Waals surface area (Å²) in [6, 6.07) is 8.72. The van der Waals surface area contributed by atoms with Crippen molar-refractivity contribution in [2.24, 2.45) is 0 Å². The first kappa shape index (κ1) is 16.3. The van der Waals surface area contributed by atoms with Gasteiger partial charge in [0.1, 0.15) is 12.4 Å². The number of rotatable bonds is 8. The van der Waals surface area contributed by atoms with Crippen LogP contribution in [-0.4, -0.2) is 51.4 Å². The number of benzene rings is 1. The maximum absolute atomic E-state index is 5.83. The van der Waals surface area contributed by atoms with E-state index in [-0.39, 0.29) is 0 Å². The molecule has 118 valence electrons. The topological polar surface area (TPSA) is 33.7 Å². The first-order chi connectivity index (χ1) is 10.3. The van der Waals surface area contributed by atoms with Gasteiger partial charge in [0.25, 0.3) is 0 Å². The maximum Gasteiger partial charge on any atom is 0.123 e. The van der Waals surface area contributed by atoms with Crippen molar-refractivity contribution in [1.29, 1.82) is 0 Å². The summed E-state index contributed by atoms with van der Waals surface area (Å²) in [5, 5.41) is 3.16. The highest BCUT2D eigenvalue weighted by atomic mass is 16.5. The Kier molecular flexibility index (Phi) is 7.00. The van der Waals surface area contributed by atoms with Gasteiger partial charge in [0.05, 0.1) is 13.2 Å². The van der Waals surface area contributed by atoms with Crippen LogP contribution in [0.3, 0.4) is 0 Å². The number of nitrogens with one attached hydrogen (secondary N) is 1. The SMILES string of the molecule is CNCc1ccccc1OCCOCC1CCCCN1C. The molecule has 21 heavy (non-hydrogen) atoms. The Hall–Kier alpha value is -1.10. The van der Waals surface area contributed by atoms with E-state index >= 15 is 0 Å². The van der Waals surface area contributed by atoms with Gasteiger partial charge in [-0.05, 0) is 39.5 Å². The van der Waals surface area contributed by atoms with Crippen LogP contribution in [0.5, 0.6) is 5.75 Å². The summed E-state index contributed by atoms with van der Waals surface area (Å²) in [4.78, 5) is 2.41. The molecular weight excluding hydrogens is 264 g/mol. The van der Waals surface area contributed by atoms with Crippen LogP contribution in [0, 0.1) is 0 Å². The number of likely N-dealkylation sites (N-methyl/N-ethyl adjacent to an activating group) is 1. The molecular formula is C17H28N2O2. The van der Waals surface area contributed by atoms with Crippen molar-refractivity contribution < 1.29 is 9.47 Å². The number of likely N-dealkylation sites (tertiary alicyclic amines) is 1. The predicted molar refractivity (Wildman–Crippen MR) is 85.8 cm³/mol. The Morgan fingerprint density at radius 2 is 2.10 bits per heavy atom. The van der Waals surface area contributed by atoms with E-state index < -0.39 is 0 Å². The van der Waals surface area contributed by atoms with Crippen LogP contribution >= 0.6 is 0 Å². The van der Waals surface area contributed by atoms with Crippen molar-refractivity contribution in [2.75, 3.05) is 40.5 Å². The van der Waals surface area contributed by atoms with Crippen LogP contribution in [0.25, 0.3) is 0 Å². The Bertz CT molecular complexity index is 412. The van der Waals surface area contributed by atoms with Gasteiger partial charge < -0.3 is 19.7 Å². The molecule has 1 aliphatic heterocycles. The lowest BCUT2D eigenvalue weighted by molar-refractivity contribution is 0.0390. The van der Waals surface area contributed by atoms with Crippen molar-refractivity contribution in [2.45, 2.75) is 31.8 Å². The lowest BCUT2D eigenvalue weighted by atomic mass is 10.0. The second kappa shape index (κ2) is 9.03. The number of ether oxygens (including phenoxy) is 2. The molecule has 0 saturated carbocycles. The fourth-order valence-corrected chi connectivity index (χ4v) is 2.77. The Morgan fingerprint density at radius 3 is 2.90 bits per heavy atom. The summed E-state index contributed by atoms with van der Waals surface area (Å²) in [5.41, 5.74) is 1.19. The molecule has 1 unspecified atom stereocenters. The molecule has 4 nitrogen and oxygen atoms in total. The van der Waals surface area contributed by atoms with Crippen molar-refractivity contribution in [3.05, 3.63) is 29.8 Å². The molecule has 0 aliphatic carbocycles. The molecule has 1 N–H and O–H groups in total. The third kappa shape index (κ3) is 5.30. The smallest absolute Gasteiger partial charge is 0.123 e. The van der Waals surface area contributed by atoms with Gasteiger partial charge in [0, 0.05) is 18.2 Å². The van der Waals surface area contributed by atoms with Crippen LogP contribution in [0.15, 0.2) is 24.3 Å². The fourth-order valence-electron chi connectivity index (χ4n) is 2.77. The second-order valence-electron chi connectivity index (χ2n) is 5.69. The Labute approximate surface area is 128 Å². The van der Waals surface area contributed by atoms with Crippen molar-refractivity contribution in [3.8, 4) is 5.75 Å². The minimum absolute atomic E-state index is 0.579. The zero-order valence-corrected chi connectivity index (χ0v) is 13.3. The molecule has 1 atom stereocenters. The van der Waals surface area contributed by atoms with Crippen LogP contribution in [0.1, 0.15) is 24.8 Å². The zero-order chi connectivity index (χ0) is 14.9. The molecule has 1 fully saturated rings. The molecule has 0 amide bonds. The van der Waals surface area contributed by atoms with Gasteiger partial charge in [-0.15, -0.1) is 0 Å². The third-order valence-corrected chi connectivity index (χ3v) is 4.06. The van der Waals surface area contributed by atoms with Gasteiger partial charge in [-0.1, -0.05) is 24.6 Å². The van der Waals surface area contributed by atoms with E-state index in [4.69, 9.17) is 9.47 Å². The average Bonchev–Trinajstić information content (AvgIpc) is 2.50. The van der Waals surface area contributed by atoms with Crippen LogP contribution in [-0.2, 0) is 11.3 Å². The van der Waals surface area contributed by atoms with Gasteiger partial charge in [-0.25, -0.2) is 0 Å². The van der Waals surface area contributed by atoms with Gasteiger partial charge in [-0.2, -0.15) is 0 Å². The normalized spacial score (nSPS) is 19.6. The third-order valence-electron chi connectivity index (χ3n) is 4.06. The molecule has 1 heterocycles. The van der Waals surface area contributed by atoms with Gasteiger partial charge in [-0.3, -0.25) is 0 Å². The van der Waals surface area contributed by atoms with E-state index in [1.165, 1.54) is 31.4 Å². The number of hydrogen-bond donors (Lipinski definition) is 1. The maximum atomic E-state index is 5.83. The minimum atomic E-state index is 0.579. The van der Waals surface area contributed by atoms with E-state index in [0.29, 0.717) is 19.3 Å². The minimum Gasteiger partial charge on any atom is -0.491 e. The van der Waals surface area contributed by atoms with Crippen LogP contribution in [0.4, 0.5) is 0 Å². The fraction of sp³-hybridized carbons (Fsp3) is 0.647. The molecule has 0 spiro atoms. The summed E-state index contributed by atoms with van der Waals surface area (Å²) >= 11 is 0. The summed E-state index contributed by atoms with van der Waals surface area (Å²) in [7, 11) is 4.14. The first-order valence-electron chi connectivity index (χ1n) is 7.94. The van der Waals surface area contributed by atoms with Gasteiger partial charge in [0.15, 0.2) is 0 Å². The van der Waals surface area contributed by atoms with E-state index in [2.05, 4.69) is 23.3 Å². The van der Waals surface area contributed by atoms with Crippen LogP contribution in [0.2, 0.25) is 0 Å². The molecule has 1 saturated heterocycles. The van der Waals surface area contributed by atoms with Crippen LogP contribution < -0.4 is 10.1 Å². The molecule has 2 rings (SSSR count). The lowest BCUT2D eigenvalue weighted by Gasteiger charge is -2.32. The van der Waals surface area contributed by atoms with Crippen molar-refractivity contribution in [1.82, 2.24) is 10.2 Å². The lowest BCUT2D eigenvalue weighted by Crippen LogP contribution is -2.39. The van der Waals surface area contributed by atoms with Crippen molar-refractivity contribution >= 4 is 0 Å². The van der Waals surface area contributed by atoms with E-state index in [9.17, 15) is 0 Å². The Balaban J connectivity index is 1.65. The monoisotopic (exact) mass is 292 g/mol. The molecule has 0 bridgehead atoms. The van der Waals surface area contributed by atoms with E-state index in [1.807, 2.05) is 25.2 Å². The highest BCUT2D eigenvalue weighted by molar-refractivity contribution is 5.33.